The molecule has 0 saturated carbocycles. The van der Waals surface area contributed by atoms with Crippen molar-refractivity contribution < 1.29 is 0 Å². The van der Waals surface area contributed by atoms with Gasteiger partial charge in [-0.05, 0) is 11.8 Å². The molecule has 0 unspecified atom stereocenters. The Hall–Kier alpha value is 0. The van der Waals surface area contributed by atoms with E-state index < -0.39 is 0 Å². The highest BCUT2D eigenvalue weighted by molar-refractivity contribution is 4.65. The molecule has 0 heterocycles. The second kappa shape index (κ2) is 11.1. The van der Waals surface area contributed by atoms with Crippen molar-refractivity contribution in [2.75, 3.05) is 0 Å². The molecule has 0 aliphatic rings. The van der Waals surface area contributed by atoms with E-state index in [1.807, 2.05) is 0 Å². The molecule has 0 aliphatic carbocycles. The fourth-order valence-electron chi connectivity index (χ4n) is 2.27. The maximum Gasteiger partial charge on any atom is -0.0357 e. The first-order valence-electron chi connectivity index (χ1n) is 8.12. The molecule has 0 rings (SSSR count). The van der Waals surface area contributed by atoms with Crippen LogP contribution < -0.4 is 0 Å². The molecular weight excluding hydrogens is 204 g/mol. The minimum absolute atomic E-state index is 0.583. The molecule has 0 aromatic rings. The van der Waals surface area contributed by atoms with Gasteiger partial charge in [0, 0.05) is 0 Å². The highest BCUT2D eigenvalue weighted by Gasteiger charge is 2.13. The first kappa shape index (κ1) is 17.0. The minimum Gasteiger partial charge on any atom is -0.0654 e. The summed E-state index contributed by atoms with van der Waals surface area (Å²) in [6, 6.07) is 0. The van der Waals surface area contributed by atoms with E-state index in [1.165, 1.54) is 77.0 Å². The molecule has 0 atom stereocenters. The van der Waals surface area contributed by atoms with Crippen LogP contribution in [0.1, 0.15) is 105 Å². The molecule has 0 aromatic carbocycles. The Bertz CT molecular complexity index is 146. The van der Waals surface area contributed by atoms with Gasteiger partial charge in [0.1, 0.15) is 0 Å². The van der Waals surface area contributed by atoms with Crippen LogP contribution in [0, 0.1) is 5.41 Å². The van der Waals surface area contributed by atoms with Crippen molar-refractivity contribution in [1.82, 2.24) is 0 Å². The molecule has 0 amide bonds. The summed E-state index contributed by atoms with van der Waals surface area (Å²) >= 11 is 0. The minimum atomic E-state index is 0.583. The summed E-state index contributed by atoms with van der Waals surface area (Å²) in [5.41, 5.74) is 0.583. The fourth-order valence-corrected chi connectivity index (χ4v) is 2.27. The zero-order valence-electron chi connectivity index (χ0n) is 13.0. The van der Waals surface area contributed by atoms with Gasteiger partial charge < -0.3 is 0 Å². The molecule has 0 saturated heterocycles. The molecule has 0 aliphatic heterocycles. The van der Waals surface area contributed by atoms with Crippen molar-refractivity contribution in [2.45, 2.75) is 105 Å². The molecule has 104 valence electrons. The van der Waals surface area contributed by atoms with E-state index in [0.29, 0.717) is 5.41 Å². The number of hydrogen-bond acceptors (Lipinski definition) is 0. The molecule has 0 aromatic heterocycles. The molecule has 0 heteroatoms. The van der Waals surface area contributed by atoms with Gasteiger partial charge in [0.25, 0.3) is 0 Å². The van der Waals surface area contributed by atoms with E-state index >= 15 is 0 Å². The Morgan fingerprint density at radius 1 is 0.588 bits per heavy atom. The van der Waals surface area contributed by atoms with Gasteiger partial charge in [0.15, 0.2) is 0 Å². The maximum atomic E-state index is 2.40. The number of rotatable bonds is 12. The van der Waals surface area contributed by atoms with Crippen molar-refractivity contribution in [3.63, 3.8) is 0 Å². The zero-order chi connectivity index (χ0) is 13.0. The van der Waals surface area contributed by atoms with Crippen LogP contribution >= 0.6 is 0 Å². The number of unbranched alkanes of at least 4 members (excludes halogenated alkanes) is 9. The Labute approximate surface area is 111 Å². The predicted octanol–water partition coefficient (Wildman–Crippen LogP) is 6.73. The zero-order valence-corrected chi connectivity index (χ0v) is 13.0. The number of hydrogen-bond donors (Lipinski definition) is 0. The maximum absolute atomic E-state index is 2.40. The molecular formula is C17H36. The average molecular weight is 240 g/mol. The lowest BCUT2D eigenvalue weighted by atomic mass is 9.84. The molecule has 0 radical (unpaired) electrons. The van der Waals surface area contributed by atoms with E-state index in [-0.39, 0.29) is 0 Å². The van der Waals surface area contributed by atoms with Gasteiger partial charge in [-0.1, -0.05) is 98.3 Å². The first-order chi connectivity index (χ1) is 8.12. The van der Waals surface area contributed by atoms with Crippen LogP contribution in [0.15, 0.2) is 0 Å². The summed E-state index contributed by atoms with van der Waals surface area (Å²) in [4.78, 5) is 0. The Kier molecular flexibility index (Phi) is 11.1. The Morgan fingerprint density at radius 2 is 1.00 bits per heavy atom. The third-order valence-electron chi connectivity index (χ3n) is 4.16. The summed E-state index contributed by atoms with van der Waals surface area (Å²) < 4.78 is 0. The smallest absolute Gasteiger partial charge is 0.0357 e. The second-order valence-electron chi connectivity index (χ2n) is 6.45. The molecule has 0 spiro atoms. The predicted molar refractivity (Wildman–Crippen MR) is 80.5 cm³/mol. The van der Waals surface area contributed by atoms with Crippen molar-refractivity contribution in [3.05, 3.63) is 0 Å². The highest BCUT2D eigenvalue weighted by Crippen LogP contribution is 2.27. The van der Waals surface area contributed by atoms with Crippen LogP contribution in [-0.2, 0) is 0 Å². The van der Waals surface area contributed by atoms with Gasteiger partial charge in [-0.3, -0.25) is 0 Å². The van der Waals surface area contributed by atoms with Crippen LogP contribution in [0.3, 0.4) is 0 Å². The van der Waals surface area contributed by atoms with Gasteiger partial charge in [0.05, 0.1) is 0 Å². The summed E-state index contributed by atoms with van der Waals surface area (Å²) in [7, 11) is 0. The molecule has 0 fully saturated rings. The van der Waals surface area contributed by atoms with Crippen LogP contribution in [-0.4, -0.2) is 0 Å². The Morgan fingerprint density at radius 3 is 1.41 bits per heavy atom. The third-order valence-corrected chi connectivity index (χ3v) is 4.16. The van der Waals surface area contributed by atoms with E-state index in [0.717, 1.165) is 0 Å². The highest BCUT2D eigenvalue weighted by atomic mass is 14.2. The summed E-state index contributed by atoms with van der Waals surface area (Å²) in [5, 5.41) is 0. The summed E-state index contributed by atoms with van der Waals surface area (Å²) in [6.45, 7) is 9.41. The van der Waals surface area contributed by atoms with Crippen molar-refractivity contribution in [2.24, 2.45) is 5.41 Å². The monoisotopic (exact) mass is 240 g/mol. The average Bonchev–Trinajstić information content (AvgIpc) is 2.31. The standard InChI is InChI=1S/C17H36/c1-5-7-8-9-10-11-12-13-14-15-16-17(3,4)6-2/h5-16H2,1-4H3. The first-order valence-corrected chi connectivity index (χ1v) is 8.12. The van der Waals surface area contributed by atoms with Crippen molar-refractivity contribution in [3.8, 4) is 0 Å². The third kappa shape index (κ3) is 12.2. The van der Waals surface area contributed by atoms with E-state index in [4.69, 9.17) is 0 Å². The molecule has 0 nitrogen and oxygen atoms in total. The largest absolute Gasteiger partial charge is 0.0654 e. The van der Waals surface area contributed by atoms with Gasteiger partial charge in [-0.25, -0.2) is 0 Å². The van der Waals surface area contributed by atoms with Gasteiger partial charge in [-0.15, -0.1) is 0 Å². The molecule has 0 N–H and O–H groups in total. The van der Waals surface area contributed by atoms with Gasteiger partial charge in [-0.2, -0.15) is 0 Å². The van der Waals surface area contributed by atoms with Crippen molar-refractivity contribution >= 4 is 0 Å². The van der Waals surface area contributed by atoms with Gasteiger partial charge in [0.2, 0.25) is 0 Å². The van der Waals surface area contributed by atoms with Crippen LogP contribution in [0.4, 0.5) is 0 Å². The van der Waals surface area contributed by atoms with Crippen LogP contribution in [0.25, 0.3) is 0 Å². The lowest BCUT2D eigenvalue weighted by molar-refractivity contribution is 0.307. The topological polar surface area (TPSA) is 0 Å². The SMILES string of the molecule is CCCCCCCCCCCCC(C)(C)CC. The molecule has 0 bridgehead atoms. The van der Waals surface area contributed by atoms with Crippen LogP contribution in [0.2, 0.25) is 0 Å². The normalized spacial score (nSPS) is 12.0. The van der Waals surface area contributed by atoms with E-state index in [1.54, 1.807) is 0 Å². The van der Waals surface area contributed by atoms with E-state index in [2.05, 4.69) is 27.7 Å². The second-order valence-corrected chi connectivity index (χ2v) is 6.45. The molecule has 17 heavy (non-hydrogen) atoms. The van der Waals surface area contributed by atoms with Crippen molar-refractivity contribution in [1.29, 1.82) is 0 Å². The lowest BCUT2D eigenvalue weighted by Gasteiger charge is -2.22. The van der Waals surface area contributed by atoms with Crippen LogP contribution in [0.5, 0.6) is 0 Å². The Balaban J connectivity index is 3.09. The summed E-state index contributed by atoms with van der Waals surface area (Å²) in [6.07, 6.45) is 17.3. The van der Waals surface area contributed by atoms with E-state index in [9.17, 15) is 0 Å². The fraction of sp³-hybridized carbons (Fsp3) is 1.00. The quantitative estimate of drug-likeness (QED) is 0.332. The lowest BCUT2D eigenvalue weighted by Crippen LogP contribution is -2.08. The summed E-state index contributed by atoms with van der Waals surface area (Å²) in [5.74, 6) is 0. The van der Waals surface area contributed by atoms with Gasteiger partial charge >= 0.3 is 0 Å².